The second-order valence-corrected chi connectivity index (χ2v) is 32.6. The SMILES string of the molecule is CC(=O)OCC1OC(OC(CC(C)C)C(CCCCCCCCCC(=O)CCCCCCCCCCCCCCC(=O)N(C)C(C)C(=O)O)OC(C)=O)C(O)C(O)C1OC1OCC(O)C(OC2OC(CO)C(O)C(OC3OC(COC(C)=O)C(OC(C)=O)C(OC(C)=O)C3OC(C)=O)C2O)C1OC1OC(COC(C)=O)C(OC(C)=O)C(OC(C)=O)C1OC(C)=O. The molecule has 0 aromatic carbocycles. The molecule has 5 heterocycles. The normalized spacial score (nSPS) is 29.9. The van der Waals surface area contributed by atoms with E-state index in [0.29, 0.717) is 25.7 Å². The van der Waals surface area contributed by atoms with Crippen LogP contribution >= 0.6 is 0 Å². The third-order valence-electron chi connectivity index (χ3n) is 21.5. The molecule has 0 aromatic rings. The number of rotatable bonds is 54. The van der Waals surface area contributed by atoms with E-state index in [1.165, 1.54) is 25.8 Å². The van der Waals surface area contributed by atoms with Crippen molar-refractivity contribution in [2.75, 3.05) is 40.1 Å². The van der Waals surface area contributed by atoms with Gasteiger partial charge in [0.1, 0.15) is 117 Å². The fourth-order valence-corrected chi connectivity index (χ4v) is 15.3. The summed E-state index contributed by atoms with van der Waals surface area (Å²) in [5.41, 5.74) is 0. The van der Waals surface area contributed by atoms with Crippen LogP contribution in [0, 0.1) is 5.92 Å². The van der Waals surface area contributed by atoms with Gasteiger partial charge in [0, 0.05) is 95.5 Å². The van der Waals surface area contributed by atoms with E-state index in [0.717, 1.165) is 178 Å². The van der Waals surface area contributed by atoms with Crippen LogP contribution in [0.15, 0.2) is 0 Å². The molecule has 5 rings (SSSR count). The zero-order chi connectivity index (χ0) is 92.9. The largest absolute Gasteiger partial charge is 0.480 e. The summed E-state index contributed by atoms with van der Waals surface area (Å²) in [7, 11) is 1.52. The van der Waals surface area contributed by atoms with Crippen LogP contribution in [-0.4, -0.2) is 324 Å². The molecule has 0 saturated carbocycles. The third-order valence-corrected chi connectivity index (χ3v) is 21.5. The minimum Gasteiger partial charge on any atom is -0.480 e. The summed E-state index contributed by atoms with van der Waals surface area (Å²) in [6, 6.07) is -0.840. The Balaban J connectivity index is 1.36. The molecule has 27 unspecified atom stereocenters. The van der Waals surface area contributed by atoms with Gasteiger partial charge in [0.2, 0.25) is 5.91 Å². The lowest BCUT2D eigenvalue weighted by molar-refractivity contribution is -0.402. The minimum absolute atomic E-state index is 0.149. The van der Waals surface area contributed by atoms with Gasteiger partial charge in [-0.3, -0.25) is 57.5 Å². The molecule has 716 valence electrons. The first-order chi connectivity index (χ1) is 59.1. The van der Waals surface area contributed by atoms with E-state index in [1.54, 1.807) is 0 Å². The minimum atomic E-state index is -2.40. The number of ether oxygens (including phenoxy) is 20. The molecule has 5 fully saturated rings. The number of unbranched alkanes of at least 4 members (excludes halogenated alkanes) is 17. The first-order valence-electron chi connectivity index (χ1n) is 43.3. The number of likely N-dealkylation sites (N-methyl/N-ethyl adjacent to an activating group) is 1. The molecular weight excluding hydrogens is 1660 g/mol. The Morgan fingerprint density at radius 1 is 0.360 bits per heavy atom. The van der Waals surface area contributed by atoms with Gasteiger partial charge >= 0.3 is 65.7 Å². The van der Waals surface area contributed by atoms with Gasteiger partial charge in [-0.1, -0.05) is 110 Å². The Morgan fingerprint density at radius 3 is 1.14 bits per heavy atom. The van der Waals surface area contributed by atoms with Crippen LogP contribution in [0.25, 0.3) is 0 Å². The number of nitrogens with zero attached hydrogens (tertiary/aromatic N) is 1. The highest BCUT2D eigenvalue weighted by atomic mass is 16.8. The number of carbonyl (C=O) groups excluding carboxylic acids is 12. The maximum atomic E-state index is 13.2. The van der Waals surface area contributed by atoms with E-state index in [4.69, 9.17) is 99.8 Å². The molecule has 0 spiro atoms. The first kappa shape index (κ1) is 108. The Kier molecular flexibility index (Phi) is 48.1. The van der Waals surface area contributed by atoms with E-state index < -0.39 is 264 Å². The van der Waals surface area contributed by atoms with Crippen molar-refractivity contribution in [1.29, 1.82) is 0 Å². The van der Waals surface area contributed by atoms with Crippen molar-refractivity contribution < 1.29 is 193 Å². The summed E-state index contributed by atoms with van der Waals surface area (Å²) in [6.07, 6.45) is -30.3. The molecule has 41 heteroatoms. The van der Waals surface area contributed by atoms with E-state index in [-0.39, 0.29) is 30.4 Å². The van der Waals surface area contributed by atoms with Gasteiger partial charge in [-0.25, -0.2) is 4.79 Å². The number of hydrogen-bond donors (Lipinski definition) is 7. The number of Topliss-reactive ketones (excluding diaryl/α,β-unsaturated/α-hetero) is 1. The second kappa shape index (κ2) is 55.5. The van der Waals surface area contributed by atoms with Gasteiger partial charge < -0.3 is 135 Å². The van der Waals surface area contributed by atoms with Crippen LogP contribution in [0.3, 0.4) is 0 Å². The van der Waals surface area contributed by atoms with E-state index in [1.807, 2.05) is 13.8 Å². The van der Waals surface area contributed by atoms with Gasteiger partial charge in [-0.15, -0.1) is 0 Å². The number of carboxylic acids is 1. The monoisotopic (exact) mass is 1800 g/mol. The Bertz CT molecular complexity index is 3380. The molecular formula is C84H135NO40. The zero-order valence-electron chi connectivity index (χ0n) is 74.2. The number of esters is 10. The molecule has 41 nitrogen and oxygen atoms in total. The van der Waals surface area contributed by atoms with Crippen LogP contribution in [0.4, 0.5) is 0 Å². The molecule has 27 atom stereocenters. The zero-order valence-corrected chi connectivity index (χ0v) is 74.2. The predicted octanol–water partition coefficient (Wildman–Crippen LogP) is 3.70. The van der Waals surface area contributed by atoms with Crippen molar-refractivity contribution in [2.45, 2.75) is 410 Å². The molecule has 0 bridgehead atoms. The summed E-state index contributed by atoms with van der Waals surface area (Å²) in [6.45, 7) is 10.8. The van der Waals surface area contributed by atoms with E-state index >= 15 is 0 Å². The Morgan fingerprint density at radius 2 is 0.728 bits per heavy atom. The van der Waals surface area contributed by atoms with Gasteiger partial charge in [-0.05, 0) is 51.4 Å². The summed E-state index contributed by atoms with van der Waals surface area (Å²) in [4.78, 5) is 165. The highest BCUT2D eigenvalue weighted by Gasteiger charge is 2.60. The van der Waals surface area contributed by atoms with Gasteiger partial charge in [0.15, 0.2) is 68.1 Å². The quantitative estimate of drug-likeness (QED) is 0.0259. The number of aliphatic carboxylic acids is 1. The van der Waals surface area contributed by atoms with E-state index in [2.05, 4.69) is 0 Å². The van der Waals surface area contributed by atoms with Crippen LogP contribution in [0.5, 0.6) is 0 Å². The van der Waals surface area contributed by atoms with Gasteiger partial charge in [0.05, 0.1) is 19.3 Å². The van der Waals surface area contributed by atoms with Crippen molar-refractivity contribution in [3.63, 3.8) is 0 Å². The lowest BCUT2D eigenvalue weighted by atomic mass is 9.95. The second-order valence-electron chi connectivity index (χ2n) is 32.6. The maximum Gasteiger partial charge on any atom is 0.326 e. The number of aliphatic hydroxyl groups excluding tert-OH is 6. The highest BCUT2D eigenvalue weighted by molar-refractivity contribution is 5.83. The number of hydrogen-bond acceptors (Lipinski definition) is 39. The number of carboxylic acid groups (broad SMARTS) is 1. The fourth-order valence-electron chi connectivity index (χ4n) is 15.3. The fraction of sp³-hybridized carbons (Fsp3) is 0.845. The van der Waals surface area contributed by atoms with Crippen LogP contribution in [0.1, 0.15) is 244 Å². The summed E-state index contributed by atoms with van der Waals surface area (Å²) < 4.78 is 119. The van der Waals surface area contributed by atoms with Crippen molar-refractivity contribution in [2.24, 2.45) is 5.92 Å². The van der Waals surface area contributed by atoms with Crippen molar-refractivity contribution >= 4 is 77.4 Å². The molecule has 5 saturated heterocycles. The first-order valence-corrected chi connectivity index (χ1v) is 43.3. The number of ketones is 1. The van der Waals surface area contributed by atoms with Crippen molar-refractivity contribution in [3.05, 3.63) is 0 Å². The number of amides is 1. The molecule has 5 aliphatic heterocycles. The van der Waals surface area contributed by atoms with Gasteiger partial charge in [-0.2, -0.15) is 0 Å². The lowest BCUT2D eigenvalue weighted by Crippen LogP contribution is -2.68. The molecule has 1 amide bonds. The predicted molar refractivity (Wildman–Crippen MR) is 425 cm³/mol. The molecule has 5 aliphatic rings. The Labute approximate surface area is 728 Å². The van der Waals surface area contributed by atoms with Crippen LogP contribution < -0.4 is 0 Å². The van der Waals surface area contributed by atoms with Crippen molar-refractivity contribution in [1.82, 2.24) is 4.90 Å². The smallest absolute Gasteiger partial charge is 0.326 e. The molecule has 0 aliphatic carbocycles. The topological polar surface area (TPSA) is 551 Å². The Hall–Kier alpha value is -7.33. The highest BCUT2D eigenvalue weighted by Crippen LogP contribution is 2.40. The summed E-state index contributed by atoms with van der Waals surface area (Å²) in [5.74, 6) is -10.7. The molecule has 0 radical (unpaired) electrons. The lowest BCUT2D eigenvalue weighted by Gasteiger charge is -2.50. The van der Waals surface area contributed by atoms with Gasteiger partial charge in [0.25, 0.3) is 0 Å². The maximum absolute atomic E-state index is 13.2. The summed E-state index contributed by atoms with van der Waals surface area (Å²) in [5, 5.41) is 81.5. The number of aliphatic hydroxyl groups is 6. The number of carbonyl (C=O) groups is 13. The average Bonchev–Trinajstić information content (AvgIpc) is 0.784. The van der Waals surface area contributed by atoms with Crippen molar-refractivity contribution in [3.8, 4) is 0 Å². The van der Waals surface area contributed by atoms with E-state index in [9.17, 15) is 93.0 Å². The molecule has 125 heavy (non-hydrogen) atoms. The standard InChI is InChI=1S/C84H135NO40/c1-44(2)38-59(58(110-49(7)90)36-32-28-24-21-23-27-31-35-56(97)34-30-26-22-19-17-15-16-18-20-25-29-33-37-64(99)85(14)45(3)79(104)105)117-80-67(102)66(101)70(61(119-80)41-106-46(4)87)123-82-76(125-84-78(116-55(13)96)75(114-53(11)94)72(112-51(9)92)63(121-84)43-108-48(6)89)69(57(98)40-109-82)122-81-68(103)73(65(100)60(39-86)118-81)124-83-77(115-54(12)95)74(113-52(10)93)71(111-50(8)91)62(120-83)42-107-47(5)88/h44-45,57-63,65-78,80-84,86,98,100-103H,15-43H2,1-14H3,(H,104,105). The molecule has 0 aromatic heterocycles. The molecule has 7 N–H and O–H groups in total. The average molecular weight is 1800 g/mol. The van der Waals surface area contributed by atoms with Crippen LogP contribution in [-0.2, 0) is 157 Å². The van der Waals surface area contributed by atoms with Crippen LogP contribution in [0.2, 0.25) is 0 Å². The summed E-state index contributed by atoms with van der Waals surface area (Å²) >= 11 is 0. The third kappa shape index (κ3) is 37.0.